The van der Waals surface area contributed by atoms with Crippen LogP contribution >= 0.6 is 0 Å². The highest BCUT2D eigenvalue weighted by atomic mass is 16.3. The van der Waals surface area contributed by atoms with Crippen LogP contribution in [-0.2, 0) is 10.3 Å². The van der Waals surface area contributed by atoms with Crippen LogP contribution in [0.2, 0.25) is 0 Å². The molecule has 0 aliphatic heterocycles. The van der Waals surface area contributed by atoms with Crippen molar-refractivity contribution in [2.75, 3.05) is 5.73 Å². The number of carbonyl (C=O) groups excluding carboxylic acids is 2. The molecular weight excluding hydrogens is 432 g/mol. The summed E-state index contributed by atoms with van der Waals surface area (Å²) >= 11 is 0. The van der Waals surface area contributed by atoms with E-state index in [1.807, 2.05) is 27.7 Å². The lowest BCUT2D eigenvalue weighted by atomic mass is 9.89. The topological polar surface area (TPSA) is 160 Å². The molecule has 1 heterocycles. The average molecular weight is 467 g/mol. The monoisotopic (exact) mass is 466 g/mol. The summed E-state index contributed by atoms with van der Waals surface area (Å²) in [6.45, 7) is 9.73. The van der Waals surface area contributed by atoms with E-state index in [4.69, 9.17) is 16.9 Å². The molecule has 9 heteroatoms. The van der Waals surface area contributed by atoms with E-state index >= 15 is 0 Å². The Labute approximate surface area is 199 Å². The van der Waals surface area contributed by atoms with Crippen LogP contribution in [0.5, 0.6) is 0 Å². The van der Waals surface area contributed by atoms with Crippen molar-refractivity contribution in [1.29, 1.82) is 5.41 Å². The van der Waals surface area contributed by atoms with E-state index in [-0.39, 0.29) is 33.9 Å². The number of nitrogens with two attached hydrogens (primary N) is 2. The van der Waals surface area contributed by atoms with E-state index in [9.17, 15) is 14.7 Å². The molecule has 2 amide bonds. The van der Waals surface area contributed by atoms with E-state index < -0.39 is 17.7 Å². The lowest BCUT2D eigenvalue weighted by molar-refractivity contribution is -0.122. The molecule has 0 radical (unpaired) electrons. The Morgan fingerprint density at radius 1 is 1.29 bits per heavy atom. The van der Waals surface area contributed by atoms with Crippen molar-refractivity contribution in [3.8, 4) is 11.3 Å². The Morgan fingerprint density at radius 3 is 2.38 bits per heavy atom. The molecule has 1 aliphatic carbocycles. The van der Waals surface area contributed by atoms with Gasteiger partial charge in [0.05, 0.1) is 11.5 Å². The summed E-state index contributed by atoms with van der Waals surface area (Å²) < 4.78 is 1.68. The molecule has 1 aromatic heterocycles. The first kappa shape index (κ1) is 25.0. The maximum atomic E-state index is 12.6. The Bertz CT molecular complexity index is 1150. The van der Waals surface area contributed by atoms with Crippen molar-refractivity contribution in [2.45, 2.75) is 65.3 Å². The highest BCUT2D eigenvalue weighted by Crippen LogP contribution is 2.45. The minimum Gasteiger partial charge on any atom is -0.494 e. The predicted octanol–water partition coefficient (Wildman–Crippen LogP) is 3.82. The third-order valence-corrected chi connectivity index (χ3v) is 6.01. The summed E-state index contributed by atoms with van der Waals surface area (Å²) in [6.07, 6.45) is 3.58. The molecule has 0 saturated heterocycles. The first-order valence-corrected chi connectivity index (χ1v) is 11.3. The number of carbonyl (C=O) groups is 2. The second-order valence-electron chi connectivity index (χ2n) is 10.5. The van der Waals surface area contributed by atoms with Gasteiger partial charge in [0.25, 0.3) is 5.91 Å². The number of hydrogen-bond donors (Lipinski definition) is 5. The first-order valence-electron chi connectivity index (χ1n) is 11.3. The zero-order valence-electron chi connectivity index (χ0n) is 20.4. The van der Waals surface area contributed by atoms with Crippen LogP contribution in [0, 0.1) is 10.8 Å². The predicted molar refractivity (Wildman–Crippen MR) is 133 cm³/mol. The Kier molecular flexibility index (Phi) is 6.59. The van der Waals surface area contributed by atoms with Crippen molar-refractivity contribution in [1.82, 2.24) is 15.1 Å². The average Bonchev–Trinajstić information content (AvgIpc) is 3.35. The molecular formula is C25H34N6O3. The van der Waals surface area contributed by atoms with Crippen LogP contribution in [0.4, 0.5) is 5.82 Å². The van der Waals surface area contributed by atoms with Gasteiger partial charge in [-0.1, -0.05) is 45.0 Å². The molecule has 182 valence electrons. The van der Waals surface area contributed by atoms with E-state index in [2.05, 4.69) is 10.4 Å². The molecule has 1 saturated carbocycles. The van der Waals surface area contributed by atoms with Gasteiger partial charge in [-0.25, -0.2) is 4.68 Å². The zero-order valence-corrected chi connectivity index (χ0v) is 20.4. The van der Waals surface area contributed by atoms with Gasteiger partial charge in [-0.05, 0) is 44.1 Å². The van der Waals surface area contributed by atoms with E-state index in [1.54, 1.807) is 35.9 Å². The molecule has 3 rings (SSSR count). The van der Waals surface area contributed by atoms with Gasteiger partial charge in [-0.3, -0.25) is 14.9 Å². The van der Waals surface area contributed by atoms with E-state index in [0.717, 1.165) is 12.8 Å². The molecule has 2 aromatic rings. The number of anilines is 1. The van der Waals surface area contributed by atoms with Gasteiger partial charge in [0.1, 0.15) is 17.1 Å². The van der Waals surface area contributed by atoms with E-state index in [0.29, 0.717) is 23.2 Å². The second-order valence-corrected chi connectivity index (χ2v) is 10.5. The van der Waals surface area contributed by atoms with Gasteiger partial charge < -0.3 is 22.0 Å². The number of nitrogens with one attached hydrogen (secondary N) is 2. The van der Waals surface area contributed by atoms with Crippen molar-refractivity contribution in [2.24, 2.45) is 11.1 Å². The lowest BCUT2D eigenvalue weighted by Crippen LogP contribution is -2.28. The minimum absolute atomic E-state index is 0.0990. The maximum absolute atomic E-state index is 12.6. The number of allylic oxidation sites excluding steroid dienone is 1. The molecule has 1 aromatic carbocycles. The minimum atomic E-state index is -0.640. The second kappa shape index (κ2) is 8.96. The number of nitrogen functional groups attached to an aromatic ring is 1. The smallest absolute Gasteiger partial charge is 0.254 e. The summed E-state index contributed by atoms with van der Waals surface area (Å²) in [4.78, 5) is 24.7. The quantitative estimate of drug-likeness (QED) is 0.295. The van der Waals surface area contributed by atoms with Gasteiger partial charge in [-0.2, -0.15) is 5.10 Å². The molecule has 1 unspecified atom stereocenters. The molecule has 34 heavy (non-hydrogen) atoms. The van der Waals surface area contributed by atoms with Crippen LogP contribution < -0.4 is 16.8 Å². The Morgan fingerprint density at radius 2 is 1.88 bits per heavy atom. The third-order valence-electron chi connectivity index (χ3n) is 6.01. The fourth-order valence-electron chi connectivity index (χ4n) is 3.82. The zero-order chi connectivity index (χ0) is 25.4. The number of aliphatic hydroxyl groups is 1. The van der Waals surface area contributed by atoms with Gasteiger partial charge in [0.2, 0.25) is 5.91 Å². The molecule has 9 nitrogen and oxygen atoms in total. The van der Waals surface area contributed by atoms with Gasteiger partial charge in [-0.15, -0.1) is 0 Å². The number of aliphatic hydroxyl groups excluding tert-OH is 1. The fourth-order valence-corrected chi connectivity index (χ4v) is 3.82. The molecule has 1 fully saturated rings. The van der Waals surface area contributed by atoms with Crippen molar-refractivity contribution in [3.05, 3.63) is 47.4 Å². The van der Waals surface area contributed by atoms with Crippen LogP contribution in [0.25, 0.3) is 11.3 Å². The fraction of sp³-hybridized carbons (Fsp3) is 0.440. The summed E-state index contributed by atoms with van der Waals surface area (Å²) in [5.41, 5.74) is 13.7. The highest BCUT2D eigenvalue weighted by Gasteiger charge is 2.43. The number of hydrogen-bond acceptors (Lipinski definition) is 6. The standard InChI is InChI=1S/C25H34N6O3/c1-14(23(34)29-18(32)12-17(26)13-24(2,3)4)15-6-8-16(9-7-15)20-19(22(28)33)21(27)31(30-20)25(5)10-11-25/h6-9,12,14,26,32H,10-11,13,27H2,1-5H3,(H2,28,33)(H,29,34)/b18-12-,26-17?. The molecule has 0 spiro atoms. The largest absolute Gasteiger partial charge is 0.494 e. The normalized spacial score (nSPS) is 16.1. The summed E-state index contributed by atoms with van der Waals surface area (Å²) in [5, 5.41) is 25.1. The number of amides is 2. The van der Waals surface area contributed by atoms with Crippen LogP contribution in [-0.4, -0.2) is 32.4 Å². The third kappa shape index (κ3) is 5.47. The molecule has 7 N–H and O–H groups in total. The number of benzene rings is 1. The van der Waals surface area contributed by atoms with Gasteiger partial charge in [0.15, 0.2) is 5.88 Å². The molecule has 1 aliphatic rings. The van der Waals surface area contributed by atoms with E-state index in [1.165, 1.54) is 6.08 Å². The van der Waals surface area contributed by atoms with Crippen molar-refractivity contribution >= 4 is 23.3 Å². The van der Waals surface area contributed by atoms with Crippen LogP contribution in [0.3, 0.4) is 0 Å². The summed E-state index contributed by atoms with van der Waals surface area (Å²) in [7, 11) is 0. The van der Waals surface area contributed by atoms with Crippen LogP contribution in [0.1, 0.15) is 75.7 Å². The molecule has 1 atom stereocenters. The van der Waals surface area contributed by atoms with Crippen molar-refractivity contribution in [3.63, 3.8) is 0 Å². The van der Waals surface area contributed by atoms with Crippen molar-refractivity contribution < 1.29 is 14.7 Å². The highest BCUT2D eigenvalue weighted by molar-refractivity contribution is 6.03. The van der Waals surface area contributed by atoms with Crippen LogP contribution in [0.15, 0.2) is 36.2 Å². The number of aromatic nitrogens is 2. The first-order chi connectivity index (χ1) is 15.7. The van der Waals surface area contributed by atoms with Gasteiger partial charge >= 0.3 is 0 Å². The SMILES string of the molecule is CC(C(=O)N/C(O)=C/C(=N)CC(C)(C)C)c1ccc(-c2nn(C3(C)CC3)c(N)c2C(N)=O)cc1. The Hall–Kier alpha value is -3.62. The summed E-state index contributed by atoms with van der Waals surface area (Å²) in [6, 6.07) is 7.06. The number of rotatable bonds is 8. The lowest BCUT2D eigenvalue weighted by Gasteiger charge is -2.17. The Balaban J connectivity index is 1.76. The summed E-state index contributed by atoms with van der Waals surface area (Å²) in [5.74, 6) is -1.70. The maximum Gasteiger partial charge on any atom is 0.254 e. The number of primary amides is 1. The van der Waals surface area contributed by atoms with Gasteiger partial charge in [0, 0.05) is 17.4 Å². The molecule has 0 bridgehead atoms. The number of nitrogens with zero attached hydrogens (tertiary/aromatic N) is 2.